The molecule has 1 unspecified atom stereocenters. The Kier molecular flexibility index (Phi) is 8.36. The number of fused-ring (bicyclic) bond motifs is 1. The maximum atomic E-state index is 15.2. The van der Waals surface area contributed by atoms with Crippen LogP contribution in [0.15, 0.2) is 24.3 Å². The van der Waals surface area contributed by atoms with E-state index in [1.165, 1.54) is 69.6 Å². The summed E-state index contributed by atoms with van der Waals surface area (Å²) in [6.45, 7) is 4.25. The molecule has 0 bridgehead atoms. The van der Waals surface area contributed by atoms with Crippen LogP contribution in [0.5, 0.6) is 11.5 Å². The van der Waals surface area contributed by atoms with Crippen LogP contribution in [0, 0.1) is 41.1 Å². The van der Waals surface area contributed by atoms with Gasteiger partial charge in [-0.3, -0.25) is 0 Å². The van der Waals surface area contributed by atoms with Crippen LogP contribution in [0.1, 0.15) is 90.0 Å². The molecule has 3 aliphatic rings. The van der Waals surface area contributed by atoms with Crippen molar-refractivity contribution in [1.82, 2.24) is 0 Å². The average Bonchev–Trinajstić information content (AvgIpc) is 2.92. The van der Waals surface area contributed by atoms with Gasteiger partial charge in [0.15, 0.2) is 23.1 Å². The van der Waals surface area contributed by atoms with Gasteiger partial charge in [0.1, 0.15) is 6.10 Å². The van der Waals surface area contributed by atoms with E-state index in [2.05, 4.69) is 6.92 Å². The van der Waals surface area contributed by atoms with Gasteiger partial charge in [0.05, 0.1) is 6.61 Å². The molecule has 2 aliphatic carbocycles. The van der Waals surface area contributed by atoms with Crippen LogP contribution in [0.25, 0.3) is 11.1 Å². The summed E-state index contributed by atoms with van der Waals surface area (Å²) in [5.74, 6) is 0.767. The van der Waals surface area contributed by atoms with E-state index in [1.807, 2.05) is 0 Å². The number of hydrogen-bond acceptors (Lipinski definition) is 2. The zero-order valence-electron chi connectivity index (χ0n) is 22.3. The highest BCUT2D eigenvalue weighted by molar-refractivity contribution is 5.68. The zero-order valence-corrected chi connectivity index (χ0v) is 22.3. The number of rotatable bonds is 7. The molecule has 2 aromatic carbocycles. The molecule has 5 rings (SSSR count). The van der Waals surface area contributed by atoms with Crippen molar-refractivity contribution in [2.75, 3.05) is 6.61 Å². The van der Waals surface area contributed by atoms with E-state index >= 15 is 4.39 Å². The number of aryl methyl sites for hydroxylation is 1. The van der Waals surface area contributed by atoms with Gasteiger partial charge < -0.3 is 9.47 Å². The molecule has 1 atom stereocenters. The fourth-order valence-electron chi connectivity index (χ4n) is 7.33. The molecule has 0 amide bonds. The highest BCUT2D eigenvalue weighted by Gasteiger charge is 2.36. The van der Waals surface area contributed by atoms with E-state index < -0.39 is 17.5 Å². The number of hydrogen-bond donors (Lipinski definition) is 0. The largest absolute Gasteiger partial charge is 0.491 e. The van der Waals surface area contributed by atoms with Gasteiger partial charge >= 0.3 is 0 Å². The van der Waals surface area contributed by atoms with Crippen LogP contribution in [-0.2, 0) is 6.42 Å². The maximum Gasteiger partial charge on any atom is 0.201 e. The van der Waals surface area contributed by atoms with Crippen molar-refractivity contribution < 1.29 is 22.6 Å². The minimum absolute atomic E-state index is 0.0341. The molecular formula is C32H41F3O2. The van der Waals surface area contributed by atoms with Gasteiger partial charge in [-0.2, -0.15) is 4.39 Å². The zero-order chi connectivity index (χ0) is 25.9. The minimum Gasteiger partial charge on any atom is -0.491 e. The topological polar surface area (TPSA) is 18.5 Å². The lowest BCUT2D eigenvalue weighted by molar-refractivity contribution is 0.0570. The molecule has 0 saturated heterocycles. The quantitative estimate of drug-likeness (QED) is 0.367. The van der Waals surface area contributed by atoms with Crippen molar-refractivity contribution in [2.24, 2.45) is 23.7 Å². The second kappa shape index (κ2) is 11.7. The Morgan fingerprint density at radius 3 is 2.16 bits per heavy atom. The summed E-state index contributed by atoms with van der Waals surface area (Å²) in [5.41, 5.74) is 1.09. The predicted molar refractivity (Wildman–Crippen MR) is 141 cm³/mol. The van der Waals surface area contributed by atoms with E-state index in [0.29, 0.717) is 23.7 Å². The van der Waals surface area contributed by atoms with Crippen LogP contribution < -0.4 is 9.47 Å². The third-order valence-corrected chi connectivity index (χ3v) is 9.34. The molecule has 2 nitrogen and oxygen atoms in total. The lowest BCUT2D eigenvalue weighted by Gasteiger charge is -2.40. The van der Waals surface area contributed by atoms with Crippen LogP contribution in [-0.4, -0.2) is 12.7 Å². The summed E-state index contributed by atoms with van der Waals surface area (Å²) in [7, 11) is 0. The fraction of sp³-hybridized carbons (Fsp3) is 0.625. The Balaban J connectivity index is 1.21. The average molecular weight is 515 g/mol. The SMILES string of the molecule is CCCC1CCC(C2CCC(C3CCc4cc(-c5ccc(OCC)c(F)c5F)cc(F)c4O3)CC2)CC1. The first-order chi connectivity index (χ1) is 18.0. The molecule has 1 heterocycles. The third kappa shape index (κ3) is 5.66. The van der Waals surface area contributed by atoms with Crippen molar-refractivity contribution in [3.8, 4) is 22.6 Å². The Morgan fingerprint density at radius 2 is 1.49 bits per heavy atom. The van der Waals surface area contributed by atoms with Gasteiger partial charge in [0.2, 0.25) is 5.82 Å². The van der Waals surface area contributed by atoms with Crippen LogP contribution >= 0.6 is 0 Å². The first kappa shape index (κ1) is 26.4. The monoisotopic (exact) mass is 514 g/mol. The Labute approximate surface area is 219 Å². The predicted octanol–water partition coefficient (Wildman–Crippen LogP) is 9.28. The summed E-state index contributed by atoms with van der Waals surface area (Å²) in [6, 6.07) is 5.87. The van der Waals surface area contributed by atoms with E-state index in [4.69, 9.17) is 9.47 Å². The fourth-order valence-corrected chi connectivity index (χ4v) is 7.33. The second-order valence-corrected chi connectivity index (χ2v) is 11.6. The van der Waals surface area contributed by atoms with E-state index in [0.717, 1.165) is 42.6 Å². The normalized spacial score (nSPS) is 27.9. The second-order valence-electron chi connectivity index (χ2n) is 11.6. The van der Waals surface area contributed by atoms with Crippen LogP contribution in [0.2, 0.25) is 0 Å². The standard InChI is InChI=1S/C32H41F3O2/c1-3-5-20-6-8-21(9-7-20)22-10-12-23(13-11-22)28-16-14-24-18-25(19-27(33)32(24)37-28)26-15-17-29(36-4-2)31(35)30(26)34/h15,17-23,28H,3-14,16H2,1-2H3. The molecule has 2 saturated carbocycles. The minimum atomic E-state index is -1.04. The number of benzene rings is 2. The maximum absolute atomic E-state index is 15.2. The molecule has 1 aliphatic heterocycles. The number of ether oxygens (including phenoxy) is 2. The molecule has 0 N–H and O–H groups in total. The molecular weight excluding hydrogens is 473 g/mol. The Hall–Kier alpha value is -2.17. The van der Waals surface area contributed by atoms with Crippen molar-refractivity contribution in [2.45, 2.75) is 97.0 Å². The van der Waals surface area contributed by atoms with Crippen molar-refractivity contribution >= 4 is 0 Å². The first-order valence-electron chi connectivity index (χ1n) is 14.6. The van der Waals surface area contributed by atoms with Gasteiger partial charge in [0, 0.05) is 5.56 Å². The van der Waals surface area contributed by atoms with Gasteiger partial charge in [-0.25, -0.2) is 8.78 Å². The molecule has 202 valence electrons. The van der Waals surface area contributed by atoms with Gasteiger partial charge in [-0.05, 0) is 117 Å². The molecule has 37 heavy (non-hydrogen) atoms. The molecule has 2 aromatic rings. The summed E-state index contributed by atoms with van der Waals surface area (Å²) in [6.07, 6.45) is 14.8. The first-order valence-corrected chi connectivity index (χ1v) is 14.6. The summed E-state index contributed by atoms with van der Waals surface area (Å²) >= 11 is 0. The smallest absolute Gasteiger partial charge is 0.201 e. The highest BCUT2D eigenvalue weighted by Crippen LogP contribution is 2.45. The molecule has 0 spiro atoms. The van der Waals surface area contributed by atoms with Gasteiger partial charge in [0.25, 0.3) is 0 Å². The molecule has 5 heteroatoms. The van der Waals surface area contributed by atoms with Crippen LogP contribution in [0.3, 0.4) is 0 Å². The van der Waals surface area contributed by atoms with Crippen LogP contribution in [0.4, 0.5) is 13.2 Å². The van der Waals surface area contributed by atoms with E-state index in [9.17, 15) is 8.78 Å². The van der Waals surface area contributed by atoms with Gasteiger partial charge in [-0.15, -0.1) is 0 Å². The Bertz CT molecular complexity index is 1070. The Morgan fingerprint density at radius 1 is 0.811 bits per heavy atom. The molecule has 0 radical (unpaired) electrons. The summed E-state index contributed by atoms with van der Waals surface area (Å²) in [5, 5.41) is 0. The lowest BCUT2D eigenvalue weighted by Crippen LogP contribution is -2.35. The van der Waals surface area contributed by atoms with Crippen molar-refractivity contribution in [3.63, 3.8) is 0 Å². The third-order valence-electron chi connectivity index (χ3n) is 9.34. The highest BCUT2D eigenvalue weighted by atomic mass is 19.2. The van der Waals surface area contributed by atoms with E-state index in [1.54, 1.807) is 13.0 Å². The van der Waals surface area contributed by atoms with Crippen molar-refractivity contribution in [1.29, 1.82) is 0 Å². The van der Waals surface area contributed by atoms with Crippen molar-refractivity contribution in [3.05, 3.63) is 47.3 Å². The molecule has 2 fully saturated rings. The summed E-state index contributed by atoms with van der Waals surface area (Å²) in [4.78, 5) is 0. The summed E-state index contributed by atoms with van der Waals surface area (Å²) < 4.78 is 55.8. The van der Waals surface area contributed by atoms with Gasteiger partial charge in [-0.1, -0.05) is 32.6 Å². The number of halogens is 3. The molecule has 0 aromatic heterocycles. The lowest BCUT2D eigenvalue weighted by atomic mass is 9.67. The van der Waals surface area contributed by atoms with E-state index in [-0.39, 0.29) is 24.0 Å².